The molecule has 2 aromatic heterocycles. The number of aromatic carboxylic acids is 1. The number of benzene rings is 3. The number of anilines is 1. The minimum atomic E-state index is -1.37. The van der Waals surface area contributed by atoms with Crippen LogP contribution in [0.4, 0.5) is 10.1 Å². The smallest absolute Gasteiger partial charge is 0.340 e. The second-order valence-electron chi connectivity index (χ2n) is 8.94. The largest absolute Gasteiger partial charge is 0.478 e. The Hall–Kier alpha value is -4.46. The molecule has 0 bridgehead atoms. The van der Waals surface area contributed by atoms with Gasteiger partial charge in [0.2, 0.25) is 0 Å². The minimum absolute atomic E-state index is 0.134. The van der Waals surface area contributed by atoms with E-state index in [9.17, 15) is 19.1 Å². The van der Waals surface area contributed by atoms with Crippen LogP contribution in [0.2, 0.25) is 0 Å². The van der Waals surface area contributed by atoms with Crippen molar-refractivity contribution in [1.82, 2.24) is 9.78 Å². The van der Waals surface area contributed by atoms with Gasteiger partial charge in [-0.05, 0) is 50.6 Å². The first-order valence-corrected chi connectivity index (χ1v) is 11.5. The Morgan fingerprint density at radius 2 is 1.86 bits per heavy atom. The summed E-state index contributed by atoms with van der Waals surface area (Å²) in [6.45, 7) is 5.40. The van der Waals surface area contributed by atoms with Gasteiger partial charge in [-0.2, -0.15) is 5.10 Å². The van der Waals surface area contributed by atoms with Crippen LogP contribution in [0, 0.1) is 19.7 Å². The fraction of sp³-hybridized carbons (Fsp3) is 0.179. The molecule has 7 nitrogen and oxygen atoms in total. The average Bonchev–Trinajstić information content (AvgIpc) is 3.17. The Morgan fingerprint density at radius 1 is 1.11 bits per heavy atom. The van der Waals surface area contributed by atoms with Crippen LogP contribution in [0.1, 0.15) is 40.0 Å². The molecule has 0 fully saturated rings. The van der Waals surface area contributed by atoms with Crippen molar-refractivity contribution in [3.05, 3.63) is 92.9 Å². The zero-order valence-corrected chi connectivity index (χ0v) is 20.2. The summed E-state index contributed by atoms with van der Waals surface area (Å²) in [6, 6.07) is 14.9. The van der Waals surface area contributed by atoms with Gasteiger partial charge in [-0.15, -0.1) is 0 Å². The van der Waals surface area contributed by atoms with Crippen molar-refractivity contribution in [2.45, 2.75) is 26.8 Å². The number of nitrogens with one attached hydrogen (secondary N) is 1. The van der Waals surface area contributed by atoms with E-state index in [2.05, 4.69) is 10.4 Å². The molecule has 0 aliphatic carbocycles. The van der Waals surface area contributed by atoms with E-state index in [4.69, 9.17) is 4.42 Å². The highest BCUT2D eigenvalue weighted by Gasteiger charge is 2.23. The van der Waals surface area contributed by atoms with Gasteiger partial charge in [-0.1, -0.05) is 30.3 Å². The summed E-state index contributed by atoms with van der Waals surface area (Å²) in [5, 5.41) is 18.5. The first-order valence-electron chi connectivity index (χ1n) is 11.5. The molecule has 5 aromatic rings. The fourth-order valence-corrected chi connectivity index (χ4v) is 4.67. The highest BCUT2D eigenvalue weighted by atomic mass is 19.1. The molecular formula is C28H24FN3O4. The highest BCUT2D eigenvalue weighted by Crippen LogP contribution is 2.35. The third-order valence-corrected chi connectivity index (χ3v) is 6.43. The zero-order chi connectivity index (χ0) is 25.7. The molecule has 0 amide bonds. The molecular weight excluding hydrogens is 461 g/mol. The molecule has 0 saturated heterocycles. The molecule has 2 N–H and O–H groups in total. The second kappa shape index (κ2) is 8.64. The summed E-state index contributed by atoms with van der Waals surface area (Å²) in [6.07, 6.45) is 0. The molecule has 0 unspecified atom stereocenters. The molecule has 5 rings (SSSR count). The normalized spacial score (nSPS) is 12.2. The van der Waals surface area contributed by atoms with Crippen LogP contribution in [0.5, 0.6) is 0 Å². The van der Waals surface area contributed by atoms with Crippen LogP contribution in [-0.4, -0.2) is 20.9 Å². The minimum Gasteiger partial charge on any atom is -0.478 e. The van der Waals surface area contributed by atoms with Crippen molar-refractivity contribution in [3.63, 3.8) is 0 Å². The lowest BCUT2D eigenvalue weighted by atomic mass is 9.99. The lowest BCUT2D eigenvalue weighted by Gasteiger charge is -2.20. The van der Waals surface area contributed by atoms with Crippen molar-refractivity contribution in [2.24, 2.45) is 7.05 Å². The van der Waals surface area contributed by atoms with E-state index in [1.807, 2.05) is 44.3 Å². The molecule has 3 aromatic carbocycles. The molecule has 0 aliphatic rings. The molecule has 1 atom stereocenters. The molecule has 0 radical (unpaired) electrons. The van der Waals surface area contributed by atoms with Crippen LogP contribution in [0.25, 0.3) is 33.3 Å². The van der Waals surface area contributed by atoms with Gasteiger partial charge in [-0.3, -0.25) is 9.48 Å². The fourth-order valence-electron chi connectivity index (χ4n) is 4.67. The number of hydrogen-bond acceptors (Lipinski definition) is 5. The van der Waals surface area contributed by atoms with E-state index < -0.39 is 23.4 Å². The third kappa shape index (κ3) is 3.71. The monoisotopic (exact) mass is 485 g/mol. The number of aryl methyl sites for hydroxylation is 2. The predicted octanol–water partition coefficient (Wildman–Crippen LogP) is 5.97. The second-order valence-corrected chi connectivity index (χ2v) is 8.94. The van der Waals surface area contributed by atoms with E-state index in [1.165, 1.54) is 12.1 Å². The topological polar surface area (TPSA) is 97.4 Å². The number of rotatable bonds is 5. The summed E-state index contributed by atoms with van der Waals surface area (Å²) in [5.74, 6) is -1.83. The zero-order valence-electron chi connectivity index (χ0n) is 20.2. The molecule has 2 heterocycles. The van der Waals surface area contributed by atoms with E-state index in [0.717, 1.165) is 22.5 Å². The quantitative estimate of drug-likeness (QED) is 0.318. The van der Waals surface area contributed by atoms with Crippen LogP contribution >= 0.6 is 0 Å². The van der Waals surface area contributed by atoms with Gasteiger partial charge in [0.15, 0.2) is 11.2 Å². The Morgan fingerprint density at radius 3 is 2.61 bits per heavy atom. The van der Waals surface area contributed by atoms with Crippen molar-refractivity contribution in [2.75, 3.05) is 5.32 Å². The van der Waals surface area contributed by atoms with Crippen LogP contribution in [-0.2, 0) is 7.05 Å². The summed E-state index contributed by atoms with van der Waals surface area (Å²) < 4.78 is 22.4. The van der Waals surface area contributed by atoms with E-state index >= 15 is 0 Å². The van der Waals surface area contributed by atoms with Gasteiger partial charge in [0, 0.05) is 23.6 Å². The Balaban J connectivity index is 1.72. The van der Waals surface area contributed by atoms with Gasteiger partial charge in [0.05, 0.1) is 22.6 Å². The van der Waals surface area contributed by atoms with Gasteiger partial charge >= 0.3 is 5.97 Å². The molecule has 36 heavy (non-hydrogen) atoms. The number of carboxylic acid groups (broad SMARTS) is 1. The highest BCUT2D eigenvalue weighted by molar-refractivity contribution is 5.95. The Bertz CT molecular complexity index is 1740. The standard InChI is InChI=1S/C28H24FN3O4/c1-14-12-18(16(3)30-21-10-7-9-20(29)23(21)28(34)35)27-19(13-14)25(33)15(2)26(36-27)24-17-8-5-6-11-22(17)32(4)31-24/h5-13,16,30H,1-4H3,(H,34,35)/t16-/m1/s1. The van der Waals surface area contributed by atoms with Crippen molar-refractivity contribution < 1.29 is 18.7 Å². The summed E-state index contributed by atoms with van der Waals surface area (Å²) in [4.78, 5) is 25.2. The summed E-state index contributed by atoms with van der Waals surface area (Å²) in [7, 11) is 1.83. The number of fused-ring (bicyclic) bond motifs is 2. The average molecular weight is 486 g/mol. The van der Waals surface area contributed by atoms with Crippen molar-refractivity contribution in [3.8, 4) is 11.5 Å². The third-order valence-electron chi connectivity index (χ3n) is 6.43. The van der Waals surface area contributed by atoms with Gasteiger partial charge in [0.1, 0.15) is 22.7 Å². The van der Waals surface area contributed by atoms with E-state index in [0.29, 0.717) is 33.6 Å². The SMILES string of the molecule is Cc1cc([C@@H](C)Nc2cccc(F)c2C(=O)O)c2oc(-c3nn(C)c4ccccc34)c(C)c(=O)c2c1. The maximum Gasteiger partial charge on any atom is 0.340 e. The lowest BCUT2D eigenvalue weighted by molar-refractivity contribution is 0.0693. The number of carboxylic acids is 1. The maximum absolute atomic E-state index is 14.2. The van der Waals surface area contributed by atoms with E-state index in [-0.39, 0.29) is 11.1 Å². The number of para-hydroxylation sites is 1. The molecule has 0 aliphatic heterocycles. The first kappa shape index (κ1) is 23.3. The van der Waals surface area contributed by atoms with Gasteiger partial charge in [-0.25, -0.2) is 9.18 Å². The van der Waals surface area contributed by atoms with Crippen LogP contribution in [0.3, 0.4) is 0 Å². The molecule has 0 saturated carbocycles. The summed E-state index contributed by atoms with van der Waals surface area (Å²) >= 11 is 0. The summed E-state index contributed by atoms with van der Waals surface area (Å²) in [5.41, 5.74) is 3.28. The molecule has 8 heteroatoms. The first-order chi connectivity index (χ1) is 17.2. The van der Waals surface area contributed by atoms with Crippen molar-refractivity contribution in [1.29, 1.82) is 0 Å². The Kier molecular flexibility index (Phi) is 5.59. The van der Waals surface area contributed by atoms with Crippen LogP contribution < -0.4 is 10.7 Å². The number of carbonyl (C=O) groups is 1. The number of aromatic nitrogens is 2. The van der Waals surface area contributed by atoms with Gasteiger partial charge in [0.25, 0.3) is 0 Å². The number of hydrogen-bond donors (Lipinski definition) is 2. The van der Waals surface area contributed by atoms with E-state index in [1.54, 1.807) is 24.6 Å². The number of nitrogens with zero attached hydrogens (tertiary/aromatic N) is 2. The van der Waals surface area contributed by atoms with Crippen LogP contribution in [0.15, 0.2) is 63.8 Å². The molecule has 0 spiro atoms. The van der Waals surface area contributed by atoms with Gasteiger partial charge < -0.3 is 14.8 Å². The number of halogens is 1. The Labute approximate surface area is 205 Å². The predicted molar refractivity (Wildman–Crippen MR) is 137 cm³/mol. The maximum atomic E-state index is 14.2. The lowest BCUT2D eigenvalue weighted by Crippen LogP contribution is -2.14. The molecule has 182 valence electrons. The van der Waals surface area contributed by atoms with Crippen molar-refractivity contribution >= 4 is 33.5 Å².